The van der Waals surface area contributed by atoms with E-state index in [1.54, 1.807) is 18.6 Å². The third-order valence-electron chi connectivity index (χ3n) is 5.56. The van der Waals surface area contributed by atoms with Crippen molar-refractivity contribution in [3.63, 3.8) is 0 Å². The van der Waals surface area contributed by atoms with E-state index in [4.69, 9.17) is 0 Å². The van der Waals surface area contributed by atoms with Crippen molar-refractivity contribution in [2.45, 2.75) is 26.7 Å². The maximum Gasteiger partial charge on any atom is 0.257 e. The maximum absolute atomic E-state index is 13.2. The van der Waals surface area contributed by atoms with Crippen LogP contribution in [0.1, 0.15) is 41.4 Å². The number of amides is 1. The largest absolute Gasteiger partial charge is 0.337 e. The van der Waals surface area contributed by atoms with Crippen LogP contribution in [0.15, 0.2) is 61.1 Å². The highest BCUT2D eigenvalue weighted by Gasteiger charge is 2.42. The molecule has 0 radical (unpaired) electrons. The molecular weight excluding hydrogens is 348 g/mol. The van der Waals surface area contributed by atoms with Gasteiger partial charge in [0.15, 0.2) is 5.82 Å². The van der Waals surface area contributed by atoms with Crippen LogP contribution in [0.25, 0.3) is 11.4 Å². The maximum atomic E-state index is 13.2. The van der Waals surface area contributed by atoms with Crippen molar-refractivity contribution in [3.05, 3.63) is 77.9 Å². The molecule has 0 saturated carbocycles. The van der Waals surface area contributed by atoms with Gasteiger partial charge in [-0.1, -0.05) is 44.2 Å². The van der Waals surface area contributed by atoms with E-state index in [2.05, 4.69) is 53.1 Å². The Kier molecular flexibility index (Phi) is 4.67. The number of aromatic nitrogens is 3. The lowest BCUT2D eigenvalue weighted by molar-refractivity contribution is 0.0776. The van der Waals surface area contributed by atoms with Crippen LogP contribution in [0.2, 0.25) is 0 Å². The second-order valence-electron chi connectivity index (χ2n) is 8.07. The zero-order valence-electron chi connectivity index (χ0n) is 16.5. The number of carbonyl (C=O) groups is 1. The number of likely N-dealkylation sites (tertiary alicyclic amines) is 1. The highest BCUT2D eigenvalue weighted by molar-refractivity contribution is 5.95. The van der Waals surface area contributed by atoms with Gasteiger partial charge in [0.25, 0.3) is 5.91 Å². The highest BCUT2D eigenvalue weighted by Crippen LogP contribution is 2.42. The number of hydrogen-bond donors (Lipinski definition) is 0. The molecule has 1 fully saturated rings. The molecule has 0 aliphatic carbocycles. The lowest BCUT2D eigenvalue weighted by atomic mass is 9.78. The molecule has 1 aliphatic rings. The molecule has 0 bridgehead atoms. The Bertz CT molecular complexity index is 986. The van der Waals surface area contributed by atoms with E-state index in [0.29, 0.717) is 29.5 Å². The smallest absolute Gasteiger partial charge is 0.257 e. The minimum Gasteiger partial charge on any atom is -0.337 e. The van der Waals surface area contributed by atoms with Crippen molar-refractivity contribution in [2.24, 2.45) is 5.41 Å². The van der Waals surface area contributed by atoms with Crippen LogP contribution in [0.3, 0.4) is 0 Å². The molecule has 0 unspecified atom stereocenters. The van der Waals surface area contributed by atoms with Crippen molar-refractivity contribution < 1.29 is 4.79 Å². The summed E-state index contributed by atoms with van der Waals surface area (Å²) in [5.41, 5.74) is 3.40. The molecule has 5 heteroatoms. The summed E-state index contributed by atoms with van der Waals surface area (Å²) in [6.07, 6.45) is 5.09. The summed E-state index contributed by atoms with van der Waals surface area (Å²) >= 11 is 0. The summed E-state index contributed by atoms with van der Waals surface area (Å²) in [6, 6.07) is 14.2. The Hall–Kier alpha value is -3.08. The molecule has 0 N–H and O–H groups in total. The Morgan fingerprint density at radius 3 is 2.57 bits per heavy atom. The van der Waals surface area contributed by atoms with Crippen LogP contribution in [-0.2, 0) is 0 Å². The van der Waals surface area contributed by atoms with Crippen LogP contribution in [-0.4, -0.2) is 38.8 Å². The van der Waals surface area contributed by atoms with E-state index in [1.165, 1.54) is 5.56 Å². The fourth-order valence-corrected chi connectivity index (χ4v) is 4.01. The monoisotopic (exact) mass is 372 g/mol. The van der Waals surface area contributed by atoms with Gasteiger partial charge in [0.2, 0.25) is 0 Å². The first-order chi connectivity index (χ1) is 13.5. The number of carbonyl (C=O) groups excluding carboxylic acids is 1. The van der Waals surface area contributed by atoms with Gasteiger partial charge in [-0.25, -0.2) is 9.97 Å². The van der Waals surface area contributed by atoms with Gasteiger partial charge in [-0.05, 0) is 30.0 Å². The molecule has 0 spiro atoms. The van der Waals surface area contributed by atoms with Crippen molar-refractivity contribution in [1.29, 1.82) is 0 Å². The number of pyridine rings is 1. The van der Waals surface area contributed by atoms with Gasteiger partial charge < -0.3 is 4.90 Å². The summed E-state index contributed by atoms with van der Waals surface area (Å²) in [5.74, 6) is 0.904. The summed E-state index contributed by atoms with van der Waals surface area (Å²) in [5, 5.41) is 0. The molecule has 1 aliphatic heterocycles. The SMILES string of the molecule is Cc1nc(-c2cccnc2)ncc1C(=O)N1C[C@@H](c2ccccc2)C(C)(C)C1. The summed E-state index contributed by atoms with van der Waals surface area (Å²) < 4.78 is 0. The van der Waals surface area contributed by atoms with Crippen LogP contribution in [0.5, 0.6) is 0 Å². The fourth-order valence-electron chi connectivity index (χ4n) is 4.01. The first-order valence-corrected chi connectivity index (χ1v) is 9.54. The zero-order chi connectivity index (χ0) is 19.7. The topological polar surface area (TPSA) is 59.0 Å². The average Bonchev–Trinajstić information content (AvgIpc) is 3.04. The van der Waals surface area contributed by atoms with E-state index >= 15 is 0 Å². The van der Waals surface area contributed by atoms with Gasteiger partial charge in [0.1, 0.15) is 0 Å². The van der Waals surface area contributed by atoms with Crippen LogP contribution in [0.4, 0.5) is 0 Å². The van der Waals surface area contributed by atoms with Gasteiger partial charge in [-0.3, -0.25) is 9.78 Å². The normalized spacial score (nSPS) is 18.2. The molecule has 3 heterocycles. The van der Waals surface area contributed by atoms with Gasteiger partial charge in [-0.2, -0.15) is 0 Å². The number of benzene rings is 1. The first kappa shape index (κ1) is 18.3. The average molecular weight is 372 g/mol. The Morgan fingerprint density at radius 2 is 1.89 bits per heavy atom. The van der Waals surface area contributed by atoms with Crippen molar-refractivity contribution >= 4 is 5.91 Å². The zero-order valence-corrected chi connectivity index (χ0v) is 16.5. The van der Waals surface area contributed by atoms with E-state index < -0.39 is 0 Å². The molecule has 4 rings (SSSR count). The lowest BCUT2D eigenvalue weighted by Gasteiger charge is -2.25. The van der Waals surface area contributed by atoms with Crippen molar-refractivity contribution in [2.75, 3.05) is 13.1 Å². The van der Waals surface area contributed by atoms with E-state index in [0.717, 1.165) is 12.1 Å². The molecular formula is C23H24N4O. The predicted molar refractivity (Wildman–Crippen MR) is 109 cm³/mol. The summed E-state index contributed by atoms with van der Waals surface area (Å²) in [7, 11) is 0. The Morgan fingerprint density at radius 1 is 1.11 bits per heavy atom. The number of nitrogens with zero attached hydrogens (tertiary/aromatic N) is 4. The molecule has 1 atom stereocenters. The summed E-state index contributed by atoms with van der Waals surface area (Å²) in [6.45, 7) is 7.75. The summed E-state index contributed by atoms with van der Waals surface area (Å²) in [4.78, 5) is 28.2. The van der Waals surface area contributed by atoms with E-state index in [-0.39, 0.29) is 11.3 Å². The molecule has 1 aromatic carbocycles. The Labute approximate surface area is 165 Å². The van der Waals surface area contributed by atoms with Gasteiger partial charge in [-0.15, -0.1) is 0 Å². The van der Waals surface area contributed by atoms with Crippen LogP contribution >= 0.6 is 0 Å². The van der Waals surface area contributed by atoms with Gasteiger partial charge in [0, 0.05) is 43.2 Å². The molecule has 142 valence electrons. The standard InChI is InChI=1S/C23H24N4O/c1-16-19(13-25-21(26-16)18-10-7-11-24-12-18)22(28)27-14-20(23(2,3)15-27)17-8-5-4-6-9-17/h4-13,20H,14-15H2,1-3H3/t20-/m0/s1. The third kappa shape index (κ3) is 3.40. The molecule has 5 nitrogen and oxygen atoms in total. The van der Waals surface area contributed by atoms with Crippen molar-refractivity contribution in [3.8, 4) is 11.4 Å². The number of rotatable bonds is 3. The lowest BCUT2D eigenvalue weighted by Crippen LogP contribution is -2.31. The second kappa shape index (κ2) is 7.15. The quantitative estimate of drug-likeness (QED) is 0.694. The van der Waals surface area contributed by atoms with E-state index in [9.17, 15) is 4.79 Å². The minimum atomic E-state index is 0.00161. The number of hydrogen-bond acceptors (Lipinski definition) is 4. The van der Waals surface area contributed by atoms with Crippen molar-refractivity contribution in [1.82, 2.24) is 19.9 Å². The molecule has 2 aromatic heterocycles. The molecule has 28 heavy (non-hydrogen) atoms. The Balaban J connectivity index is 1.58. The molecule has 3 aromatic rings. The van der Waals surface area contributed by atoms with Gasteiger partial charge in [0.05, 0.1) is 11.3 Å². The first-order valence-electron chi connectivity index (χ1n) is 9.54. The van der Waals surface area contributed by atoms with Crippen LogP contribution < -0.4 is 0 Å². The number of aryl methyl sites for hydroxylation is 1. The third-order valence-corrected chi connectivity index (χ3v) is 5.56. The van der Waals surface area contributed by atoms with E-state index in [1.807, 2.05) is 30.0 Å². The minimum absolute atomic E-state index is 0.00161. The van der Waals surface area contributed by atoms with Crippen LogP contribution in [0, 0.1) is 12.3 Å². The highest BCUT2D eigenvalue weighted by atomic mass is 16.2. The second-order valence-corrected chi connectivity index (χ2v) is 8.07. The predicted octanol–water partition coefficient (Wildman–Crippen LogP) is 4.11. The molecule has 1 amide bonds. The van der Waals surface area contributed by atoms with Gasteiger partial charge >= 0.3 is 0 Å². The molecule has 1 saturated heterocycles. The fraction of sp³-hybridized carbons (Fsp3) is 0.304.